The molecule has 0 aromatic rings. The van der Waals surface area contributed by atoms with E-state index in [4.69, 9.17) is 15.6 Å². The van der Waals surface area contributed by atoms with Gasteiger partial charge in [-0.3, -0.25) is 4.79 Å². The van der Waals surface area contributed by atoms with Crippen LogP contribution in [0.3, 0.4) is 0 Å². The van der Waals surface area contributed by atoms with Crippen LogP contribution in [0, 0.1) is 5.41 Å². The minimum Gasteiger partial charge on any atom is -0.459 e. The van der Waals surface area contributed by atoms with Gasteiger partial charge < -0.3 is 15.6 Å². The first-order chi connectivity index (χ1) is 6.10. The summed E-state index contributed by atoms with van der Waals surface area (Å²) >= 11 is 0. The Balaban J connectivity index is 4.41. The van der Waals surface area contributed by atoms with Crippen LogP contribution in [-0.2, 0) is 9.53 Å². The molecule has 3 N–H and O–H groups in total. The number of hydrogen-bond donors (Lipinski definition) is 2. The van der Waals surface area contributed by atoms with Crippen LogP contribution >= 0.6 is 0 Å². The average molecular weight is 203 g/mol. The predicted octanol–water partition coefficient (Wildman–Crippen LogP) is 0.674. The molecule has 0 spiro atoms. The monoisotopic (exact) mass is 203 g/mol. The van der Waals surface area contributed by atoms with Crippen molar-refractivity contribution in [3.63, 3.8) is 0 Å². The molecule has 0 aliphatic rings. The molecule has 0 aromatic carbocycles. The number of rotatable bonds is 3. The molecule has 0 amide bonds. The van der Waals surface area contributed by atoms with Gasteiger partial charge in [0.1, 0.15) is 11.6 Å². The summed E-state index contributed by atoms with van der Waals surface area (Å²) in [5, 5.41) is 9.02. The fourth-order valence-electron chi connectivity index (χ4n) is 0.783. The number of esters is 1. The van der Waals surface area contributed by atoms with E-state index in [-0.39, 0.29) is 6.61 Å². The minimum atomic E-state index is -0.799. The smallest absolute Gasteiger partial charge is 0.324 e. The van der Waals surface area contributed by atoms with E-state index in [0.29, 0.717) is 0 Å². The van der Waals surface area contributed by atoms with Crippen molar-refractivity contribution in [2.24, 2.45) is 11.1 Å². The van der Waals surface area contributed by atoms with Crippen LogP contribution in [0.5, 0.6) is 0 Å². The minimum absolute atomic E-state index is 0.145. The lowest BCUT2D eigenvalue weighted by atomic mass is 9.86. The Morgan fingerprint density at radius 1 is 1.36 bits per heavy atom. The van der Waals surface area contributed by atoms with E-state index in [1.807, 2.05) is 0 Å². The van der Waals surface area contributed by atoms with Gasteiger partial charge in [0.2, 0.25) is 0 Å². The van der Waals surface area contributed by atoms with Crippen LogP contribution in [0.4, 0.5) is 0 Å². The lowest BCUT2D eigenvalue weighted by Crippen LogP contribution is -2.48. The van der Waals surface area contributed by atoms with Crippen molar-refractivity contribution in [3.05, 3.63) is 0 Å². The number of hydrogen-bond acceptors (Lipinski definition) is 4. The summed E-state index contributed by atoms with van der Waals surface area (Å²) in [5.41, 5.74) is 4.49. The van der Waals surface area contributed by atoms with Gasteiger partial charge in [-0.05, 0) is 20.8 Å². The van der Waals surface area contributed by atoms with Crippen LogP contribution in [0.25, 0.3) is 0 Å². The van der Waals surface area contributed by atoms with E-state index in [0.717, 1.165) is 0 Å². The lowest BCUT2D eigenvalue weighted by molar-refractivity contribution is -0.160. The maximum Gasteiger partial charge on any atom is 0.324 e. The van der Waals surface area contributed by atoms with E-state index in [1.165, 1.54) is 0 Å². The average Bonchev–Trinajstić information content (AvgIpc) is 2.00. The second kappa shape index (κ2) is 4.28. The van der Waals surface area contributed by atoms with Gasteiger partial charge >= 0.3 is 5.97 Å². The van der Waals surface area contributed by atoms with Crippen LogP contribution in [-0.4, -0.2) is 29.3 Å². The largest absolute Gasteiger partial charge is 0.459 e. The number of aliphatic hydroxyl groups excluding tert-OH is 1. The third kappa shape index (κ3) is 4.07. The third-order valence-corrected chi connectivity index (χ3v) is 1.91. The van der Waals surface area contributed by atoms with Gasteiger partial charge in [-0.15, -0.1) is 0 Å². The van der Waals surface area contributed by atoms with Crippen molar-refractivity contribution < 1.29 is 14.6 Å². The summed E-state index contributed by atoms with van der Waals surface area (Å²) in [6, 6.07) is -0.799. The first-order valence-corrected chi connectivity index (χ1v) is 4.69. The van der Waals surface area contributed by atoms with Crippen LogP contribution in [0.15, 0.2) is 0 Å². The molecule has 84 valence electrons. The number of carbonyl (C=O) groups excluding carboxylic acids is 1. The summed E-state index contributed by atoms with van der Waals surface area (Å²) in [7, 11) is 0. The SMILES string of the molecule is CC(C)(C)OC(=O)C(N)C(C)(C)CO. The zero-order chi connectivity index (χ0) is 11.6. The van der Waals surface area contributed by atoms with Crippen molar-refractivity contribution in [2.75, 3.05) is 6.61 Å². The van der Waals surface area contributed by atoms with Gasteiger partial charge in [-0.1, -0.05) is 13.8 Å². The number of carbonyl (C=O) groups is 1. The molecule has 1 unspecified atom stereocenters. The lowest BCUT2D eigenvalue weighted by Gasteiger charge is -2.30. The molecule has 0 saturated carbocycles. The van der Waals surface area contributed by atoms with Gasteiger partial charge in [0, 0.05) is 5.41 Å². The first-order valence-electron chi connectivity index (χ1n) is 4.69. The molecule has 0 saturated heterocycles. The van der Waals surface area contributed by atoms with E-state index < -0.39 is 23.0 Å². The Labute approximate surface area is 85.4 Å². The highest BCUT2D eigenvalue weighted by atomic mass is 16.6. The van der Waals surface area contributed by atoms with E-state index in [9.17, 15) is 4.79 Å². The molecular formula is C10H21NO3. The summed E-state index contributed by atoms with van der Waals surface area (Å²) in [4.78, 5) is 11.5. The number of aliphatic hydroxyl groups is 1. The molecule has 1 atom stereocenters. The van der Waals surface area contributed by atoms with Gasteiger partial charge in [0.25, 0.3) is 0 Å². The Kier molecular flexibility index (Phi) is 4.09. The van der Waals surface area contributed by atoms with E-state index >= 15 is 0 Å². The molecule has 0 rings (SSSR count). The molecule has 0 fully saturated rings. The highest BCUT2D eigenvalue weighted by Gasteiger charge is 2.34. The maximum atomic E-state index is 11.5. The zero-order valence-corrected chi connectivity index (χ0v) is 9.63. The fourth-order valence-corrected chi connectivity index (χ4v) is 0.783. The standard InChI is InChI=1S/C10H21NO3/c1-9(2,3)14-8(13)7(11)10(4,5)6-12/h7,12H,6,11H2,1-5H3. The Hall–Kier alpha value is -0.610. The van der Waals surface area contributed by atoms with Crippen molar-refractivity contribution >= 4 is 5.97 Å². The molecule has 4 heteroatoms. The van der Waals surface area contributed by atoms with E-state index in [1.54, 1.807) is 34.6 Å². The Morgan fingerprint density at radius 3 is 2.07 bits per heavy atom. The molecule has 0 aliphatic carbocycles. The molecule has 0 bridgehead atoms. The van der Waals surface area contributed by atoms with Gasteiger partial charge in [0.15, 0.2) is 0 Å². The van der Waals surface area contributed by atoms with E-state index in [2.05, 4.69) is 0 Å². The van der Waals surface area contributed by atoms with Crippen molar-refractivity contribution in [2.45, 2.75) is 46.3 Å². The molecule has 4 nitrogen and oxygen atoms in total. The third-order valence-electron chi connectivity index (χ3n) is 1.91. The summed E-state index contributed by atoms with van der Waals surface area (Å²) < 4.78 is 5.11. The zero-order valence-electron chi connectivity index (χ0n) is 9.63. The van der Waals surface area contributed by atoms with Gasteiger partial charge in [-0.2, -0.15) is 0 Å². The second-order valence-corrected chi connectivity index (χ2v) is 5.16. The normalized spacial score (nSPS) is 15.1. The van der Waals surface area contributed by atoms with Crippen LogP contribution in [0.2, 0.25) is 0 Å². The number of ether oxygens (including phenoxy) is 1. The summed E-state index contributed by atoms with van der Waals surface area (Å²) in [6.45, 7) is 8.65. The highest BCUT2D eigenvalue weighted by molar-refractivity contribution is 5.76. The van der Waals surface area contributed by atoms with Crippen LogP contribution < -0.4 is 5.73 Å². The van der Waals surface area contributed by atoms with Crippen LogP contribution in [0.1, 0.15) is 34.6 Å². The van der Waals surface area contributed by atoms with Crippen molar-refractivity contribution in [3.8, 4) is 0 Å². The fraction of sp³-hybridized carbons (Fsp3) is 0.900. The molecule has 0 heterocycles. The van der Waals surface area contributed by atoms with Gasteiger partial charge in [-0.25, -0.2) is 0 Å². The second-order valence-electron chi connectivity index (χ2n) is 5.16. The van der Waals surface area contributed by atoms with Crippen molar-refractivity contribution in [1.82, 2.24) is 0 Å². The van der Waals surface area contributed by atoms with Gasteiger partial charge in [0.05, 0.1) is 6.61 Å². The molecule has 0 aromatic heterocycles. The molecule has 0 radical (unpaired) electrons. The molecular weight excluding hydrogens is 182 g/mol. The topological polar surface area (TPSA) is 72.5 Å². The van der Waals surface area contributed by atoms with Crippen molar-refractivity contribution in [1.29, 1.82) is 0 Å². The number of nitrogens with two attached hydrogens (primary N) is 1. The Bertz CT molecular complexity index is 206. The summed E-state index contributed by atoms with van der Waals surface area (Å²) in [6.07, 6.45) is 0. The first kappa shape index (κ1) is 13.4. The summed E-state index contributed by atoms with van der Waals surface area (Å²) in [5.74, 6) is -0.475. The maximum absolute atomic E-state index is 11.5. The quantitative estimate of drug-likeness (QED) is 0.661. The molecule has 14 heavy (non-hydrogen) atoms. The predicted molar refractivity (Wildman–Crippen MR) is 54.7 cm³/mol. The molecule has 0 aliphatic heterocycles. The highest BCUT2D eigenvalue weighted by Crippen LogP contribution is 2.20. The Morgan fingerprint density at radius 2 is 1.79 bits per heavy atom.